The van der Waals surface area contributed by atoms with Gasteiger partial charge in [0, 0.05) is 25.7 Å². The molecule has 0 aliphatic carbocycles. The maximum absolute atomic E-state index is 12.8. The molecule has 2 heterocycles. The van der Waals surface area contributed by atoms with Crippen LogP contribution in [0.5, 0.6) is 5.75 Å². The molecule has 9 heteroatoms. The smallest absolute Gasteiger partial charge is 0.387 e. The summed E-state index contributed by atoms with van der Waals surface area (Å²) in [6.45, 7) is -1.56. The van der Waals surface area contributed by atoms with E-state index in [1.54, 1.807) is 11.9 Å². The van der Waals surface area contributed by atoms with E-state index in [0.717, 1.165) is 19.3 Å². The Morgan fingerprint density at radius 1 is 1.15 bits per heavy atom. The highest BCUT2D eigenvalue weighted by molar-refractivity contribution is 6.08. The lowest BCUT2D eigenvalue weighted by Gasteiger charge is -2.27. The molecular weight excluding hydrogens is 358 g/mol. The first-order chi connectivity index (χ1) is 13.0. The molecule has 2 aromatic rings. The predicted octanol–water partition coefficient (Wildman–Crippen LogP) is 2.90. The van der Waals surface area contributed by atoms with E-state index in [0.29, 0.717) is 24.5 Å². The van der Waals surface area contributed by atoms with Crippen LogP contribution >= 0.6 is 0 Å². The number of rotatable bonds is 5. The third-order valence-corrected chi connectivity index (χ3v) is 4.37. The summed E-state index contributed by atoms with van der Waals surface area (Å²) >= 11 is 0. The minimum Gasteiger partial charge on any atom is -0.435 e. The SMILES string of the molecule is Cn1ncc(NC(=O)c2ccc(OC(F)F)cc2)c1C(=O)N1CCCCC1. The van der Waals surface area contributed by atoms with Crippen LogP contribution in [0, 0.1) is 0 Å². The fourth-order valence-corrected chi connectivity index (χ4v) is 3.01. The van der Waals surface area contributed by atoms with E-state index >= 15 is 0 Å². The number of benzene rings is 1. The lowest BCUT2D eigenvalue weighted by atomic mass is 10.1. The second kappa shape index (κ2) is 8.15. The van der Waals surface area contributed by atoms with Gasteiger partial charge < -0.3 is 15.0 Å². The molecule has 27 heavy (non-hydrogen) atoms. The molecule has 1 aromatic heterocycles. The number of halogens is 2. The number of ether oxygens (including phenoxy) is 1. The lowest BCUT2D eigenvalue weighted by Crippen LogP contribution is -2.37. The van der Waals surface area contributed by atoms with Gasteiger partial charge in [-0.25, -0.2) is 0 Å². The van der Waals surface area contributed by atoms with Crippen molar-refractivity contribution in [1.29, 1.82) is 0 Å². The fraction of sp³-hybridized carbons (Fsp3) is 0.389. The Morgan fingerprint density at radius 3 is 2.44 bits per heavy atom. The zero-order chi connectivity index (χ0) is 19.4. The number of amides is 2. The molecule has 1 N–H and O–H groups in total. The zero-order valence-corrected chi connectivity index (χ0v) is 14.8. The van der Waals surface area contributed by atoms with Crippen molar-refractivity contribution in [2.75, 3.05) is 18.4 Å². The van der Waals surface area contributed by atoms with Crippen molar-refractivity contribution in [3.05, 3.63) is 41.7 Å². The minimum absolute atomic E-state index is 0.0381. The van der Waals surface area contributed by atoms with Crippen LogP contribution in [0.2, 0.25) is 0 Å². The number of piperidine rings is 1. The number of aryl methyl sites for hydroxylation is 1. The number of hydrogen-bond donors (Lipinski definition) is 1. The standard InChI is InChI=1S/C18H20F2N4O3/c1-23-15(17(26)24-9-3-2-4-10-24)14(11-21-23)22-16(25)12-5-7-13(8-6-12)27-18(19)20/h5-8,11,18H,2-4,9-10H2,1H3,(H,22,25). The molecule has 0 atom stereocenters. The van der Waals surface area contributed by atoms with Gasteiger partial charge in [0.2, 0.25) is 0 Å². The molecule has 0 radical (unpaired) electrons. The molecule has 1 fully saturated rings. The van der Waals surface area contributed by atoms with Crippen LogP contribution in [0.25, 0.3) is 0 Å². The Hall–Kier alpha value is -2.97. The number of aromatic nitrogens is 2. The topological polar surface area (TPSA) is 76.5 Å². The Morgan fingerprint density at radius 2 is 1.81 bits per heavy atom. The minimum atomic E-state index is -2.93. The van der Waals surface area contributed by atoms with Crippen molar-refractivity contribution < 1.29 is 23.1 Å². The van der Waals surface area contributed by atoms with Crippen LogP contribution in [0.3, 0.4) is 0 Å². The molecule has 7 nitrogen and oxygen atoms in total. The summed E-state index contributed by atoms with van der Waals surface area (Å²) in [5.41, 5.74) is 0.866. The molecule has 2 amide bonds. The summed E-state index contributed by atoms with van der Waals surface area (Å²) in [6.07, 6.45) is 4.43. The summed E-state index contributed by atoms with van der Waals surface area (Å²) in [5, 5.41) is 6.75. The number of hydrogen-bond acceptors (Lipinski definition) is 4. The number of carbonyl (C=O) groups is 2. The first kappa shape index (κ1) is 18.8. The third-order valence-electron chi connectivity index (χ3n) is 4.37. The maximum Gasteiger partial charge on any atom is 0.387 e. The van der Waals surface area contributed by atoms with E-state index in [1.807, 2.05) is 0 Å². The molecule has 144 valence electrons. The predicted molar refractivity (Wildman–Crippen MR) is 94.0 cm³/mol. The van der Waals surface area contributed by atoms with E-state index < -0.39 is 12.5 Å². The highest BCUT2D eigenvalue weighted by Gasteiger charge is 2.25. The second-order valence-electron chi connectivity index (χ2n) is 6.24. The molecular formula is C18H20F2N4O3. The first-order valence-corrected chi connectivity index (χ1v) is 8.63. The van der Waals surface area contributed by atoms with Gasteiger partial charge in [-0.1, -0.05) is 0 Å². The van der Waals surface area contributed by atoms with Gasteiger partial charge in [-0.2, -0.15) is 13.9 Å². The van der Waals surface area contributed by atoms with Crippen molar-refractivity contribution in [1.82, 2.24) is 14.7 Å². The van der Waals surface area contributed by atoms with Gasteiger partial charge in [0.25, 0.3) is 11.8 Å². The lowest BCUT2D eigenvalue weighted by molar-refractivity contribution is -0.0498. The summed E-state index contributed by atoms with van der Waals surface area (Å²) < 4.78 is 30.1. The molecule has 0 bridgehead atoms. The van der Waals surface area contributed by atoms with Crippen molar-refractivity contribution in [3.63, 3.8) is 0 Å². The number of nitrogens with one attached hydrogen (secondary N) is 1. The first-order valence-electron chi connectivity index (χ1n) is 8.63. The van der Waals surface area contributed by atoms with Crippen molar-refractivity contribution >= 4 is 17.5 Å². The van der Waals surface area contributed by atoms with Gasteiger partial charge in [-0.15, -0.1) is 0 Å². The van der Waals surface area contributed by atoms with Crippen molar-refractivity contribution in [2.24, 2.45) is 7.05 Å². The highest BCUT2D eigenvalue weighted by Crippen LogP contribution is 2.21. The molecule has 0 spiro atoms. The number of alkyl halides is 2. The van der Waals surface area contributed by atoms with Gasteiger partial charge in [-0.3, -0.25) is 14.3 Å². The van der Waals surface area contributed by atoms with Crippen LogP contribution in [0.1, 0.15) is 40.1 Å². The summed E-state index contributed by atoms with van der Waals surface area (Å²) in [6, 6.07) is 5.30. The van der Waals surface area contributed by atoms with Crippen LogP contribution in [0.15, 0.2) is 30.5 Å². The van der Waals surface area contributed by atoms with E-state index in [2.05, 4.69) is 15.2 Å². The summed E-state index contributed by atoms with van der Waals surface area (Å²) in [5.74, 6) is -0.686. The van der Waals surface area contributed by atoms with Crippen molar-refractivity contribution in [3.8, 4) is 5.75 Å². The molecule has 1 aliphatic heterocycles. The van der Waals surface area contributed by atoms with E-state index in [9.17, 15) is 18.4 Å². The fourth-order valence-electron chi connectivity index (χ4n) is 3.01. The Balaban J connectivity index is 1.74. The van der Waals surface area contributed by atoms with E-state index in [1.165, 1.54) is 35.1 Å². The number of nitrogens with zero attached hydrogens (tertiary/aromatic N) is 3. The quantitative estimate of drug-likeness (QED) is 0.868. The molecule has 1 saturated heterocycles. The van der Waals surface area contributed by atoms with Crippen molar-refractivity contribution in [2.45, 2.75) is 25.9 Å². The van der Waals surface area contributed by atoms with Gasteiger partial charge in [0.15, 0.2) is 0 Å². The normalized spacial score (nSPS) is 14.3. The van der Waals surface area contributed by atoms with Gasteiger partial charge in [0.1, 0.15) is 11.4 Å². The van der Waals surface area contributed by atoms with Gasteiger partial charge in [0.05, 0.1) is 11.9 Å². The largest absolute Gasteiger partial charge is 0.435 e. The number of likely N-dealkylation sites (tertiary alicyclic amines) is 1. The average molecular weight is 378 g/mol. The zero-order valence-electron chi connectivity index (χ0n) is 14.8. The van der Waals surface area contributed by atoms with Crippen LogP contribution < -0.4 is 10.1 Å². The number of anilines is 1. The summed E-state index contributed by atoms with van der Waals surface area (Å²) in [7, 11) is 1.64. The Kier molecular flexibility index (Phi) is 5.68. The summed E-state index contributed by atoms with van der Waals surface area (Å²) in [4.78, 5) is 27.0. The molecule has 0 saturated carbocycles. The van der Waals surface area contributed by atoms with Crippen LogP contribution in [0.4, 0.5) is 14.5 Å². The third kappa shape index (κ3) is 4.42. The molecule has 0 unspecified atom stereocenters. The highest BCUT2D eigenvalue weighted by atomic mass is 19.3. The van der Waals surface area contributed by atoms with E-state index in [4.69, 9.17) is 0 Å². The molecule has 1 aliphatic rings. The molecule has 3 rings (SSSR count). The van der Waals surface area contributed by atoms with E-state index in [-0.39, 0.29) is 17.2 Å². The Labute approximate surface area is 154 Å². The van der Waals surface area contributed by atoms with Gasteiger partial charge in [-0.05, 0) is 43.5 Å². The molecule has 1 aromatic carbocycles. The van der Waals surface area contributed by atoms with Crippen LogP contribution in [-0.4, -0.2) is 46.2 Å². The average Bonchev–Trinajstić information content (AvgIpc) is 3.02. The maximum atomic E-state index is 12.8. The number of carbonyl (C=O) groups excluding carboxylic acids is 2. The Bertz CT molecular complexity index is 815. The van der Waals surface area contributed by atoms with Gasteiger partial charge >= 0.3 is 6.61 Å². The second-order valence-corrected chi connectivity index (χ2v) is 6.24. The van der Waals surface area contributed by atoms with Crippen LogP contribution in [-0.2, 0) is 7.05 Å². The monoisotopic (exact) mass is 378 g/mol.